The van der Waals surface area contributed by atoms with Crippen molar-refractivity contribution >= 4 is 13.2 Å². The molecule has 0 saturated carbocycles. The van der Waals surface area contributed by atoms with Crippen molar-refractivity contribution in [2.45, 2.75) is 51.9 Å². The van der Waals surface area contributed by atoms with Gasteiger partial charge in [-0.05, 0) is 28.0 Å². The van der Waals surface area contributed by atoms with Crippen LogP contribution in [0.25, 0.3) is 11.1 Å². The van der Waals surface area contributed by atoms with E-state index in [0.717, 1.165) is 11.5 Å². The molecule has 0 aliphatic carbocycles. The fourth-order valence-electron chi connectivity index (χ4n) is 3.67. The quantitative estimate of drug-likeness (QED) is 0.617. The van der Waals surface area contributed by atoms with E-state index in [1.807, 2.05) is 18.2 Å². The van der Waals surface area contributed by atoms with E-state index < -0.39 is 7.92 Å². The highest BCUT2D eigenvalue weighted by atomic mass is 31.1. The lowest BCUT2D eigenvalue weighted by Crippen LogP contribution is -2.32. The molecular weight excluding hydrogens is 327 g/mol. The molecule has 136 valence electrons. The maximum Gasteiger partial charge on any atom is 0.127 e. The Balaban J connectivity index is 2.91. The summed E-state index contributed by atoms with van der Waals surface area (Å²) in [5, 5.41) is 1.57. The third-order valence-corrected chi connectivity index (χ3v) is 7.74. The molecule has 0 fully saturated rings. The second kappa shape index (κ2) is 7.38. The standard InChI is InChI=1S/C22H31O2P/c1-21(2,3)25(22(4,5)6)20-18(24-8)15-14-17(23-7)19(20)16-12-10-9-11-13-16/h9-15H,1-8H3. The van der Waals surface area contributed by atoms with Crippen LogP contribution < -0.4 is 14.8 Å². The molecule has 0 amide bonds. The Bertz CT molecular complexity index is 695. The molecule has 0 heterocycles. The topological polar surface area (TPSA) is 18.5 Å². The number of benzene rings is 2. The summed E-state index contributed by atoms with van der Waals surface area (Å²) >= 11 is 0. The lowest BCUT2D eigenvalue weighted by Gasteiger charge is -2.43. The van der Waals surface area contributed by atoms with Crippen molar-refractivity contribution < 1.29 is 9.47 Å². The fraction of sp³-hybridized carbons (Fsp3) is 0.455. The van der Waals surface area contributed by atoms with E-state index in [4.69, 9.17) is 9.47 Å². The Morgan fingerprint density at radius 3 is 1.60 bits per heavy atom. The summed E-state index contributed by atoms with van der Waals surface area (Å²) in [5.41, 5.74) is 2.34. The molecule has 0 bridgehead atoms. The van der Waals surface area contributed by atoms with Gasteiger partial charge in [0.1, 0.15) is 11.5 Å². The highest BCUT2D eigenvalue weighted by molar-refractivity contribution is 7.69. The Labute approximate surface area is 154 Å². The van der Waals surface area contributed by atoms with Crippen molar-refractivity contribution in [2.75, 3.05) is 14.2 Å². The summed E-state index contributed by atoms with van der Waals surface area (Å²) in [4.78, 5) is 0. The highest BCUT2D eigenvalue weighted by Gasteiger charge is 2.39. The van der Waals surface area contributed by atoms with Crippen LogP contribution in [0.4, 0.5) is 0 Å². The zero-order chi connectivity index (χ0) is 18.8. The van der Waals surface area contributed by atoms with Crippen LogP contribution in [0.15, 0.2) is 42.5 Å². The van der Waals surface area contributed by atoms with E-state index in [-0.39, 0.29) is 10.3 Å². The van der Waals surface area contributed by atoms with Crippen LogP contribution in [-0.4, -0.2) is 24.5 Å². The molecule has 2 nitrogen and oxygen atoms in total. The van der Waals surface area contributed by atoms with Gasteiger partial charge in [0.2, 0.25) is 0 Å². The normalized spacial score (nSPS) is 12.4. The summed E-state index contributed by atoms with van der Waals surface area (Å²) in [6, 6.07) is 14.6. The van der Waals surface area contributed by atoms with Crippen LogP contribution in [0.5, 0.6) is 11.5 Å². The predicted octanol–water partition coefficient (Wildman–Crippen LogP) is 6.08. The van der Waals surface area contributed by atoms with Crippen molar-refractivity contribution in [1.82, 2.24) is 0 Å². The van der Waals surface area contributed by atoms with Gasteiger partial charge in [-0.15, -0.1) is 0 Å². The number of hydrogen-bond donors (Lipinski definition) is 0. The molecule has 0 unspecified atom stereocenters. The van der Waals surface area contributed by atoms with Gasteiger partial charge >= 0.3 is 0 Å². The number of hydrogen-bond acceptors (Lipinski definition) is 2. The zero-order valence-corrected chi connectivity index (χ0v) is 17.7. The van der Waals surface area contributed by atoms with Crippen LogP contribution in [0.3, 0.4) is 0 Å². The molecule has 2 rings (SSSR count). The predicted molar refractivity (Wildman–Crippen MR) is 111 cm³/mol. The van der Waals surface area contributed by atoms with Crippen LogP contribution >= 0.6 is 7.92 Å². The van der Waals surface area contributed by atoms with Gasteiger partial charge in [-0.3, -0.25) is 0 Å². The average molecular weight is 358 g/mol. The summed E-state index contributed by atoms with van der Waals surface area (Å²) < 4.78 is 11.6. The van der Waals surface area contributed by atoms with E-state index in [1.165, 1.54) is 16.4 Å². The molecule has 2 aromatic rings. The molecule has 0 spiro atoms. The van der Waals surface area contributed by atoms with Crippen LogP contribution in [0, 0.1) is 0 Å². The van der Waals surface area contributed by atoms with Gasteiger partial charge in [0.25, 0.3) is 0 Å². The number of ether oxygens (including phenoxy) is 2. The highest BCUT2D eigenvalue weighted by Crippen LogP contribution is 2.61. The molecular formula is C22H31O2P. The van der Waals surface area contributed by atoms with Crippen molar-refractivity contribution in [1.29, 1.82) is 0 Å². The summed E-state index contributed by atoms with van der Waals surface area (Å²) in [5.74, 6) is 1.86. The molecule has 3 heteroatoms. The summed E-state index contributed by atoms with van der Waals surface area (Å²) in [6.45, 7) is 14.0. The average Bonchev–Trinajstić information content (AvgIpc) is 2.52. The van der Waals surface area contributed by atoms with Crippen LogP contribution in [0.1, 0.15) is 41.5 Å². The number of rotatable bonds is 4. The third-order valence-electron chi connectivity index (χ3n) is 4.17. The van der Waals surface area contributed by atoms with E-state index in [9.17, 15) is 0 Å². The lowest BCUT2D eigenvalue weighted by molar-refractivity contribution is 0.407. The molecule has 25 heavy (non-hydrogen) atoms. The van der Waals surface area contributed by atoms with Gasteiger partial charge in [0, 0.05) is 10.9 Å². The van der Waals surface area contributed by atoms with E-state index in [2.05, 4.69) is 65.8 Å². The molecule has 0 radical (unpaired) electrons. The van der Waals surface area contributed by atoms with Crippen LogP contribution in [0.2, 0.25) is 0 Å². The SMILES string of the molecule is COc1ccc(OC)c(P(C(C)(C)C)C(C)(C)C)c1-c1ccccc1. The summed E-state index contributed by atoms with van der Waals surface area (Å²) in [7, 11) is 2.97. The molecule has 0 saturated heterocycles. The molecule has 2 aromatic carbocycles. The Morgan fingerprint density at radius 1 is 0.680 bits per heavy atom. The minimum atomic E-state index is -0.536. The maximum absolute atomic E-state index is 5.84. The second-order valence-corrected chi connectivity index (χ2v) is 12.0. The Hall–Kier alpha value is -1.53. The van der Waals surface area contributed by atoms with Crippen molar-refractivity contribution in [3.8, 4) is 22.6 Å². The van der Waals surface area contributed by atoms with E-state index >= 15 is 0 Å². The first kappa shape index (κ1) is 19.8. The molecule has 0 aromatic heterocycles. The van der Waals surface area contributed by atoms with Gasteiger partial charge in [-0.1, -0.05) is 79.8 Å². The van der Waals surface area contributed by atoms with Crippen molar-refractivity contribution in [3.05, 3.63) is 42.5 Å². The van der Waals surface area contributed by atoms with Gasteiger partial charge in [-0.25, -0.2) is 0 Å². The monoisotopic (exact) mass is 358 g/mol. The van der Waals surface area contributed by atoms with Crippen LogP contribution in [-0.2, 0) is 0 Å². The smallest absolute Gasteiger partial charge is 0.127 e. The van der Waals surface area contributed by atoms with Gasteiger partial charge in [0.15, 0.2) is 0 Å². The molecule has 0 aliphatic rings. The maximum atomic E-state index is 5.84. The van der Waals surface area contributed by atoms with Gasteiger partial charge < -0.3 is 9.47 Å². The van der Waals surface area contributed by atoms with Gasteiger partial charge in [-0.2, -0.15) is 0 Å². The first-order chi connectivity index (χ1) is 11.6. The first-order valence-corrected chi connectivity index (χ1v) is 10.1. The molecule has 0 aliphatic heterocycles. The molecule has 0 atom stereocenters. The van der Waals surface area contributed by atoms with E-state index in [1.54, 1.807) is 14.2 Å². The third kappa shape index (κ3) is 4.18. The zero-order valence-electron chi connectivity index (χ0n) is 16.8. The Kier molecular flexibility index (Phi) is 5.84. The second-order valence-electron chi connectivity index (χ2n) is 8.24. The van der Waals surface area contributed by atoms with Crippen molar-refractivity contribution in [2.24, 2.45) is 0 Å². The van der Waals surface area contributed by atoms with E-state index in [0.29, 0.717) is 0 Å². The Morgan fingerprint density at radius 2 is 1.16 bits per heavy atom. The minimum Gasteiger partial charge on any atom is -0.496 e. The fourth-order valence-corrected chi connectivity index (χ4v) is 7.87. The largest absolute Gasteiger partial charge is 0.496 e. The summed E-state index contributed by atoms with van der Waals surface area (Å²) in [6.07, 6.45) is 0. The lowest BCUT2D eigenvalue weighted by atomic mass is 10.0. The number of methoxy groups -OCH3 is 2. The molecule has 0 N–H and O–H groups in total. The minimum absolute atomic E-state index is 0.136. The first-order valence-electron chi connectivity index (χ1n) is 8.72. The van der Waals surface area contributed by atoms with Gasteiger partial charge in [0.05, 0.1) is 14.2 Å². The van der Waals surface area contributed by atoms with Crippen molar-refractivity contribution in [3.63, 3.8) is 0 Å².